The van der Waals surface area contributed by atoms with Gasteiger partial charge in [0.25, 0.3) is 12.3 Å². The lowest BCUT2D eigenvalue weighted by molar-refractivity contribution is 0.0869. The van der Waals surface area contributed by atoms with Crippen molar-refractivity contribution in [1.82, 2.24) is 20.2 Å². The van der Waals surface area contributed by atoms with Gasteiger partial charge in [-0.15, -0.1) is 11.3 Å². The minimum Gasteiger partial charge on any atom is -0.490 e. The van der Waals surface area contributed by atoms with Crippen molar-refractivity contribution >= 4 is 28.8 Å². The second-order valence-corrected chi connectivity index (χ2v) is 9.79. The van der Waals surface area contributed by atoms with E-state index in [0.29, 0.717) is 48.7 Å². The predicted octanol–water partition coefficient (Wildman–Crippen LogP) is 5.40. The predicted molar refractivity (Wildman–Crippen MR) is 132 cm³/mol. The molecule has 0 radical (unpaired) electrons. The number of likely N-dealkylation sites (tertiary alicyclic amines) is 1. The number of hydrogen-bond donors (Lipinski definition) is 1. The van der Waals surface area contributed by atoms with Crippen LogP contribution in [0.25, 0.3) is 0 Å². The summed E-state index contributed by atoms with van der Waals surface area (Å²) in [7, 11) is 0. The molecule has 1 aliphatic rings. The van der Waals surface area contributed by atoms with E-state index in [0.717, 1.165) is 17.4 Å². The first kappa shape index (κ1) is 26.9. The summed E-state index contributed by atoms with van der Waals surface area (Å²) in [4.78, 5) is 22.9. The maximum atomic E-state index is 14.2. The third-order valence-electron chi connectivity index (χ3n) is 6.25. The number of rotatable bonds is 9. The SMILES string of the molecule is N#Cc1ccncc1OCC1CCN(C(CNC(=O)c2c(F)cccc2Cl)c2scnc2C(F)F)CC1. The highest BCUT2D eigenvalue weighted by atomic mass is 35.5. The van der Waals surface area contributed by atoms with Gasteiger partial charge in [0.05, 0.1) is 45.4 Å². The van der Waals surface area contributed by atoms with Crippen molar-refractivity contribution in [2.75, 3.05) is 26.2 Å². The number of benzene rings is 1. The van der Waals surface area contributed by atoms with Crippen LogP contribution in [0.15, 0.2) is 42.2 Å². The maximum absolute atomic E-state index is 14.2. The quantitative estimate of drug-likeness (QED) is 0.384. The molecule has 1 amide bonds. The van der Waals surface area contributed by atoms with Gasteiger partial charge < -0.3 is 10.1 Å². The van der Waals surface area contributed by atoms with Gasteiger partial charge in [0.15, 0.2) is 5.75 Å². The molecule has 37 heavy (non-hydrogen) atoms. The fourth-order valence-corrected chi connectivity index (χ4v) is 5.46. The number of hydrogen-bond acceptors (Lipinski definition) is 7. The largest absolute Gasteiger partial charge is 0.490 e. The zero-order valence-electron chi connectivity index (χ0n) is 19.5. The Balaban J connectivity index is 1.44. The van der Waals surface area contributed by atoms with Crippen molar-refractivity contribution in [2.45, 2.75) is 25.3 Å². The number of ether oxygens (including phenoxy) is 1. The Kier molecular flexibility index (Phi) is 8.97. The molecule has 7 nitrogen and oxygen atoms in total. The summed E-state index contributed by atoms with van der Waals surface area (Å²) in [5, 5.41) is 11.9. The van der Waals surface area contributed by atoms with E-state index in [1.54, 1.807) is 6.07 Å². The molecule has 2 aromatic heterocycles. The van der Waals surface area contributed by atoms with Crippen LogP contribution in [0.5, 0.6) is 5.75 Å². The number of amides is 1. The number of nitriles is 1. The van der Waals surface area contributed by atoms with E-state index in [9.17, 15) is 23.2 Å². The summed E-state index contributed by atoms with van der Waals surface area (Å²) in [6.45, 7) is 1.50. The van der Waals surface area contributed by atoms with E-state index < -0.39 is 24.2 Å². The molecule has 1 aliphatic heterocycles. The van der Waals surface area contributed by atoms with Gasteiger partial charge in [0, 0.05) is 12.7 Å². The second kappa shape index (κ2) is 12.4. The first-order valence-corrected chi connectivity index (χ1v) is 12.8. The molecular weight excluding hydrogens is 527 g/mol. The summed E-state index contributed by atoms with van der Waals surface area (Å²) in [6.07, 6.45) is 1.70. The number of piperidine rings is 1. The molecular formula is C25H23ClF3N5O2S. The molecule has 12 heteroatoms. The zero-order valence-corrected chi connectivity index (χ0v) is 21.1. The molecule has 1 saturated heterocycles. The van der Waals surface area contributed by atoms with Crippen molar-refractivity contribution in [3.05, 3.63) is 74.7 Å². The summed E-state index contributed by atoms with van der Waals surface area (Å²) < 4.78 is 47.4. The Morgan fingerprint density at radius 2 is 2.11 bits per heavy atom. The molecule has 0 bridgehead atoms. The molecule has 1 unspecified atom stereocenters. The van der Waals surface area contributed by atoms with Crippen LogP contribution in [0.3, 0.4) is 0 Å². The van der Waals surface area contributed by atoms with Crippen molar-refractivity contribution < 1.29 is 22.7 Å². The van der Waals surface area contributed by atoms with Gasteiger partial charge >= 0.3 is 0 Å². The molecule has 4 rings (SSSR count). The van der Waals surface area contributed by atoms with E-state index in [1.807, 2.05) is 4.90 Å². The molecule has 3 aromatic rings. The number of halogens is 4. The lowest BCUT2D eigenvalue weighted by Crippen LogP contribution is -2.43. The van der Waals surface area contributed by atoms with Crippen LogP contribution in [-0.4, -0.2) is 47.0 Å². The lowest BCUT2D eigenvalue weighted by Gasteiger charge is -2.37. The normalized spacial score (nSPS) is 15.4. The average Bonchev–Trinajstić information content (AvgIpc) is 3.38. The summed E-state index contributed by atoms with van der Waals surface area (Å²) >= 11 is 7.11. The molecule has 1 fully saturated rings. The first-order chi connectivity index (χ1) is 17.9. The van der Waals surface area contributed by atoms with Crippen LogP contribution >= 0.6 is 22.9 Å². The molecule has 1 aromatic carbocycles. The Labute approximate surface area is 220 Å². The fourth-order valence-electron chi connectivity index (χ4n) is 4.28. The van der Waals surface area contributed by atoms with E-state index in [4.69, 9.17) is 16.3 Å². The van der Waals surface area contributed by atoms with Crippen LogP contribution < -0.4 is 10.1 Å². The minimum atomic E-state index is -2.76. The lowest BCUT2D eigenvalue weighted by atomic mass is 9.96. The van der Waals surface area contributed by atoms with Crippen LogP contribution in [-0.2, 0) is 0 Å². The molecule has 0 spiro atoms. The second-order valence-electron chi connectivity index (χ2n) is 8.50. The van der Waals surface area contributed by atoms with Crippen molar-refractivity contribution in [3.63, 3.8) is 0 Å². The number of thiazole rings is 1. The van der Waals surface area contributed by atoms with Crippen LogP contribution in [0, 0.1) is 23.1 Å². The van der Waals surface area contributed by atoms with Crippen molar-refractivity contribution in [2.24, 2.45) is 5.92 Å². The topological polar surface area (TPSA) is 91.1 Å². The molecule has 194 valence electrons. The standard InChI is InChI=1S/C25H23ClF3N5O2S/c26-17-2-1-3-18(27)21(17)25(35)32-11-19(23-22(24(28)29)33-14-37-23)34-8-5-15(6-9-34)13-36-20-12-31-7-4-16(20)10-30/h1-4,7,12,14-15,19,24H,5-6,8-9,11,13H2,(H,32,35). The van der Waals surface area contributed by atoms with Gasteiger partial charge in [-0.1, -0.05) is 17.7 Å². The average molecular weight is 550 g/mol. The number of carbonyl (C=O) groups is 1. The van der Waals surface area contributed by atoms with Gasteiger partial charge in [-0.05, 0) is 50.0 Å². The third kappa shape index (κ3) is 6.39. The number of aromatic nitrogens is 2. The van der Waals surface area contributed by atoms with Crippen molar-refractivity contribution in [3.8, 4) is 11.8 Å². The Hall–Kier alpha value is -3.20. The summed E-state index contributed by atoms with van der Waals surface area (Å²) in [6, 6.07) is 7.02. The highest BCUT2D eigenvalue weighted by Gasteiger charge is 2.32. The molecule has 0 saturated carbocycles. The number of nitrogens with one attached hydrogen (secondary N) is 1. The summed E-state index contributed by atoms with van der Waals surface area (Å²) in [5.41, 5.74) is 1.16. The van der Waals surface area contributed by atoms with E-state index in [1.165, 1.54) is 30.0 Å². The van der Waals surface area contributed by atoms with E-state index >= 15 is 0 Å². The monoisotopic (exact) mass is 549 g/mol. The van der Waals surface area contributed by atoms with Crippen LogP contribution in [0.2, 0.25) is 5.02 Å². The molecule has 3 heterocycles. The number of nitrogens with zero attached hydrogens (tertiary/aromatic N) is 4. The van der Waals surface area contributed by atoms with E-state index in [2.05, 4.69) is 21.4 Å². The van der Waals surface area contributed by atoms with Crippen LogP contribution in [0.1, 0.15) is 51.8 Å². The van der Waals surface area contributed by atoms with Gasteiger partial charge in [-0.3, -0.25) is 14.7 Å². The molecule has 0 aliphatic carbocycles. The molecule has 1 N–H and O–H groups in total. The van der Waals surface area contributed by atoms with E-state index in [-0.39, 0.29) is 28.7 Å². The molecule has 1 atom stereocenters. The Morgan fingerprint density at radius 3 is 2.81 bits per heavy atom. The Bertz CT molecular complexity index is 1260. The van der Waals surface area contributed by atoms with Gasteiger partial charge in [-0.25, -0.2) is 18.2 Å². The fraction of sp³-hybridized carbons (Fsp3) is 0.360. The number of pyridine rings is 1. The minimum absolute atomic E-state index is 0.0200. The van der Waals surface area contributed by atoms with Gasteiger partial charge in [0.2, 0.25) is 0 Å². The number of carbonyl (C=O) groups excluding carboxylic acids is 1. The Morgan fingerprint density at radius 1 is 1.32 bits per heavy atom. The maximum Gasteiger partial charge on any atom is 0.281 e. The highest BCUT2D eigenvalue weighted by Crippen LogP contribution is 2.35. The van der Waals surface area contributed by atoms with Gasteiger partial charge in [0.1, 0.15) is 17.6 Å². The highest BCUT2D eigenvalue weighted by molar-refractivity contribution is 7.09. The van der Waals surface area contributed by atoms with Crippen molar-refractivity contribution in [1.29, 1.82) is 5.26 Å². The zero-order chi connectivity index (χ0) is 26.4. The number of alkyl halides is 2. The summed E-state index contributed by atoms with van der Waals surface area (Å²) in [5.74, 6) is -0.872. The van der Waals surface area contributed by atoms with Crippen LogP contribution in [0.4, 0.5) is 13.2 Å². The smallest absolute Gasteiger partial charge is 0.281 e. The first-order valence-electron chi connectivity index (χ1n) is 11.5. The van der Waals surface area contributed by atoms with Gasteiger partial charge in [-0.2, -0.15) is 5.26 Å². The third-order valence-corrected chi connectivity index (χ3v) is 7.51.